The minimum atomic E-state index is -0.292. The largest absolute Gasteiger partial charge is 0.345 e. The highest BCUT2D eigenvalue weighted by Gasteiger charge is 2.25. The molecule has 0 spiro atoms. The first kappa shape index (κ1) is 24.1. The molecule has 0 radical (unpaired) electrons. The first-order valence-electron chi connectivity index (χ1n) is 11.6. The summed E-state index contributed by atoms with van der Waals surface area (Å²) < 4.78 is 0. The Labute approximate surface area is 204 Å². The lowest BCUT2D eigenvalue weighted by atomic mass is 9.94. The smallest absolute Gasteiger partial charge is 0.253 e. The predicted octanol–water partition coefficient (Wildman–Crippen LogP) is 3.55. The molecule has 2 aromatic carbocycles. The molecule has 0 saturated carbocycles. The standard InChI is InChI=1S/C27H29N5O3/c1-4-25(33)29-22-11-9-19(10-12-22)27(35)32-13-5-6-18(17-32)14-24-28-16-21-8-7-20(15-23(21)30-24)26(34)31(2)3/h4,7-12,15-16,18H,1,5-6,13-14,17H2,2-3H3,(H,29,33)/t18-/m0/s1. The van der Waals surface area contributed by atoms with Crippen molar-refractivity contribution in [2.75, 3.05) is 32.5 Å². The van der Waals surface area contributed by atoms with Crippen molar-refractivity contribution in [2.45, 2.75) is 19.3 Å². The molecular formula is C27H29N5O3. The number of anilines is 1. The Morgan fingerprint density at radius 3 is 2.60 bits per heavy atom. The van der Waals surface area contributed by atoms with Crippen LogP contribution >= 0.6 is 0 Å². The Kier molecular flexibility index (Phi) is 7.19. The van der Waals surface area contributed by atoms with Crippen LogP contribution in [0.2, 0.25) is 0 Å². The number of hydrogen-bond donors (Lipinski definition) is 1. The molecule has 2 heterocycles. The molecule has 0 bridgehead atoms. The van der Waals surface area contributed by atoms with Gasteiger partial charge in [-0.25, -0.2) is 9.97 Å². The maximum absolute atomic E-state index is 13.1. The van der Waals surface area contributed by atoms with Gasteiger partial charge in [-0.05, 0) is 61.2 Å². The average molecular weight is 472 g/mol. The van der Waals surface area contributed by atoms with Crippen LogP contribution in [0.5, 0.6) is 0 Å². The number of hydrogen-bond acceptors (Lipinski definition) is 5. The molecule has 1 aliphatic rings. The van der Waals surface area contributed by atoms with Gasteiger partial charge < -0.3 is 15.1 Å². The van der Waals surface area contributed by atoms with Crippen molar-refractivity contribution in [1.82, 2.24) is 19.8 Å². The average Bonchev–Trinajstić information content (AvgIpc) is 2.87. The van der Waals surface area contributed by atoms with Crippen LogP contribution in [0.3, 0.4) is 0 Å². The van der Waals surface area contributed by atoms with Crippen molar-refractivity contribution in [3.05, 3.63) is 78.3 Å². The van der Waals surface area contributed by atoms with Gasteiger partial charge in [0.15, 0.2) is 0 Å². The van der Waals surface area contributed by atoms with Gasteiger partial charge in [0.25, 0.3) is 11.8 Å². The highest BCUT2D eigenvalue weighted by molar-refractivity contribution is 6.00. The number of benzene rings is 2. The van der Waals surface area contributed by atoms with Gasteiger partial charge in [0.05, 0.1) is 5.52 Å². The van der Waals surface area contributed by atoms with Crippen molar-refractivity contribution in [1.29, 1.82) is 0 Å². The quantitative estimate of drug-likeness (QED) is 0.555. The number of nitrogens with one attached hydrogen (secondary N) is 1. The Balaban J connectivity index is 1.43. The van der Waals surface area contributed by atoms with Crippen LogP contribution in [0.4, 0.5) is 5.69 Å². The second kappa shape index (κ2) is 10.5. The maximum Gasteiger partial charge on any atom is 0.253 e. The zero-order chi connectivity index (χ0) is 24.9. The zero-order valence-corrected chi connectivity index (χ0v) is 20.0. The first-order chi connectivity index (χ1) is 16.8. The molecule has 1 atom stereocenters. The molecule has 1 N–H and O–H groups in total. The fraction of sp³-hybridized carbons (Fsp3) is 0.296. The van der Waals surface area contributed by atoms with Gasteiger partial charge in [-0.1, -0.05) is 12.6 Å². The van der Waals surface area contributed by atoms with Gasteiger partial charge in [0.2, 0.25) is 5.91 Å². The number of piperidine rings is 1. The summed E-state index contributed by atoms with van der Waals surface area (Å²) in [6.45, 7) is 4.78. The van der Waals surface area contributed by atoms with Gasteiger partial charge in [0.1, 0.15) is 5.82 Å². The Morgan fingerprint density at radius 1 is 1.14 bits per heavy atom. The van der Waals surface area contributed by atoms with Crippen LogP contribution in [0.15, 0.2) is 61.3 Å². The summed E-state index contributed by atoms with van der Waals surface area (Å²) in [5.74, 6) is 0.586. The minimum absolute atomic E-state index is 0.0254. The molecule has 3 amide bonds. The number of aromatic nitrogens is 2. The van der Waals surface area contributed by atoms with E-state index in [-0.39, 0.29) is 23.6 Å². The van der Waals surface area contributed by atoms with Crippen molar-refractivity contribution in [3.8, 4) is 0 Å². The third-order valence-corrected chi connectivity index (χ3v) is 6.15. The minimum Gasteiger partial charge on any atom is -0.345 e. The summed E-state index contributed by atoms with van der Waals surface area (Å²) in [4.78, 5) is 49.5. The molecule has 180 valence electrons. The summed E-state index contributed by atoms with van der Waals surface area (Å²) in [6.07, 6.45) is 5.57. The molecule has 3 aromatic rings. The molecule has 0 aliphatic carbocycles. The van der Waals surface area contributed by atoms with E-state index in [1.54, 1.807) is 61.6 Å². The van der Waals surface area contributed by atoms with E-state index in [0.29, 0.717) is 42.1 Å². The predicted molar refractivity (Wildman–Crippen MR) is 135 cm³/mol. The van der Waals surface area contributed by atoms with Crippen molar-refractivity contribution in [2.24, 2.45) is 5.92 Å². The SMILES string of the molecule is C=CC(=O)Nc1ccc(C(=O)N2CCC[C@@H](Cc3ncc4ccc(C(=O)N(C)C)cc4n3)C2)cc1. The fourth-order valence-corrected chi connectivity index (χ4v) is 4.30. The Hall–Kier alpha value is -4.07. The van der Waals surface area contributed by atoms with Gasteiger partial charge >= 0.3 is 0 Å². The molecule has 35 heavy (non-hydrogen) atoms. The van der Waals surface area contributed by atoms with Crippen LogP contribution in [0.1, 0.15) is 39.4 Å². The van der Waals surface area contributed by atoms with E-state index in [0.717, 1.165) is 23.7 Å². The van der Waals surface area contributed by atoms with Crippen LogP contribution in [0.25, 0.3) is 10.9 Å². The van der Waals surface area contributed by atoms with Gasteiger partial charge in [-0.2, -0.15) is 0 Å². The first-order valence-corrected chi connectivity index (χ1v) is 11.6. The van der Waals surface area contributed by atoms with E-state index in [4.69, 9.17) is 4.98 Å². The van der Waals surface area contributed by atoms with Crippen molar-refractivity contribution in [3.63, 3.8) is 0 Å². The van der Waals surface area contributed by atoms with Crippen molar-refractivity contribution < 1.29 is 14.4 Å². The van der Waals surface area contributed by atoms with E-state index in [1.165, 1.54) is 6.08 Å². The molecule has 1 fully saturated rings. The molecule has 1 aliphatic heterocycles. The summed E-state index contributed by atoms with van der Waals surface area (Å²) in [5.41, 5.74) is 2.54. The molecule has 0 unspecified atom stereocenters. The van der Waals surface area contributed by atoms with Gasteiger partial charge in [-0.15, -0.1) is 0 Å². The van der Waals surface area contributed by atoms with Crippen molar-refractivity contribution >= 4 is 34.3 Å². The summed E-state index contributed by atoms with van der Waals surface area (Å²) in [5, 5.41) is 3.57. The number of likely N-dealkylation sites (tertiary alicyclic amines) is 1. The van der Waals surface area contributed by atoms with E-state index in [2.05, 4.69) is 16.9 Å². The molecule has 1 saturated heterocycles. The molecule has 8 nitrogen and oxygen atoms in total. The van der Waals surface area contributed by atoms with Crippen LogP contribution in [-0.2, 0) is 11.2 Å². The molecule has 8 heteroatoms. The highest BCUT2D eigenvalue weighted by Crippen LogP contribution is 2.23. The third kappa shape index (κ3) is 5.71. The third-order valence-electron chi connectivity index (χ3n) is 6.15. The number of carbonyl (C=O) groups is 3. The van der Waals surface area contributed by atoms with Crippen LogP contribution < -0.4 is 5.32 Å². The topological polar surface area (TPSA) is 95.5 Å². The zero-order valence-electron chi connectivity index (χ0n) is 20.0. The molecule has 1 aromatic heterocycles. The van der Waals surface area contributed by atoms with Gasteiger partial charge in [-0.3, -0.25) is 14.4 Å². The second-order valence-corrected chi connectivity index (χ2v) is 8.99. The lowest BCUT2D eigenvalue weighted by Crippen LogP contribution is -2.40. The normalized spacial score (nSPS) is 15.5. The number of rotatable bonds is 6. The number of fused-ring (bicyclic) bond motifs is 1. The van der Waals surface area contributed by atoms with Crippen LogP contribution in [-0.4, -0.2) is 64.7 Å². The fourth-order valence-electron chi connectivity index (χ4n) is 4.30. The summed E-state index contributed by atoms with van der Waals surface area (Å²) in [7, 11) is 3.45. The number of nitrogens with zero attached hydrogens (tertiary/aromatic N) is 4. The summed E-state index contributed by atoms with van der Waals surface area (Å²) >= 11 is 0. The maximum atomic E-state index is 13.1. The van der Waals surface area contributed by atoms with Gasteiger partial charge in [0, 0.05) is 62.0 Å². The molecular weight excluding hydrogens is 442 g/mol. The van der Waals surface area contributed by atoms with E-state index in [9.17, 15) is 14.4 Å². The lowest BCUT2D eigenvalue weighted by Gasteiger charge is -2.32. The highest BCUT2D eigenvalue weighted by atomic mass is 16.2. The van der Waals surface area contributed by atoms with E-state index < -0.39 is 0 Å². The van der Waals surface area contributed by atoms with E-state index in [1.807, 2.05) is 11.0 Å². The number of carbonyl (C=O) groups excluding carboxylic acids is 3. The summed E-state index contributed by atoms with van der Waals surface area (Å²) in [6, 6.07) is 12.3. The van der Waals surface area contributed by atoms with Crippen LogP contribution in [0, 0.1) is 5.92 Å². The number of amides is 3. The monoisotopic (exact) mass is 471 g/mol. The lowest BCUT2D eigenvalue weighted by molar-refractivity contribution is -0.111. The van der Waals surface area contributed by atoms with E-state index >= 15 is 0 Å². The Bertz CT molecular complexity index is 1270. The molecule has 4 rings (SSSR count). The second-order valence-electron chi connectivity index (χ2n) is 8.99. The Morgan fingerprint density at radius 2 is 1.89 bits per heavy atom.